The number of amides is 2. The number of benzene rings is 1. The molecule has 0 spiro atoms. The lowest BCUT2D eigenvalue weighted by molar-refractivity contribution is -0.123. The molecule has 0 saturated carbocycles. The Hall–Kier alpha value is -2.18. The molecule has 6 heteroatoms. The van der Waals surface area contributed by atoms with Crippen molar-refractivity contribution in [2.24, 2.45) is 5.41 Å². The molecule has 2 amide bonds. The van der Waals surface area contributed by atoms with E-state index in [1.54, 1.807) is 11.3 Å². The zero-order valence-corrected chi connectivity index (χ0v) is 18.4. The minimum absolute atomic E-state index is 0.0248. The van der Waals surface area contributed by atoms with Crippen molar-refractivity contribution in [3.8, 4) is 0 Å². The average molecular weight is 402 g/mol. The van der Waals surface area contributed by atoms with Gasteiger partial charge in [0.1, 0.15) is 0 Å². The van der Waals surface area contributed by atoms with Crippen molar-refractivity contribution in [2.45, 2.75) is 47.6 Å². The second-order valence-electron chi connectivity index (χ2n) is 8.29. The molecule has 0 aliphatic rings. The summed E-state index contributed by atoms with van der Waals surface area (Å²) < 4.78 is 0. The molecule has 0 aliphatic carbocycles. The molecule has 152 valence electrons. The first kappa shape index (κ1) is 22.1. The lowest BCUT2D eigenvalue weighted by Gasteiger charge is -2.30. The summed E-state index contributed by atoms with van der Waals surface area (Å²) >= 11 is 1.67. The van der Waals surface area contributed by atoms with Crippen LogP contribution in [0.4, 0.5) is 5.69 Å². The topological polar surface area (TPSA) is 70.2 Å². The molecule has 1 atom stereocenters. The summed E-state index contributed by atoms with van der Waals surface area (Å²) in [6, 6.07) is 8.22. The van der Waals surface area contributed by atoms with Gasteiger partial charge >= 0.3 is 0 Å². The standard InChI is InChI=1S/C22H31N3O2S/c1-14-10-15(2)20(16(3)11-14)25-19(27)13-23-18(26)12-24-21(22(4,5)6)17-8-7-9-28-17/h7-11,21,24H,12-13H2,1-6H3,(H,23,26)(H,25,27). The van der Waals surface area contributed by atoms with Crippen LogP contribution < -0.4 is 16.0 Å². The molecular formula is C22H31N3O2S. The number of thiophene rings is 1. The molecule has 2 rings (SSSR count). The number of hydrogen-bond donors (Lipinski definition) is 3. The quantitative estimate of drug-likeness (QED) is 0.654. The van der Waals surface area contributed by atoms with E-state index >= 15 is 0 Å². The zero-order chi connectivity index (χ0) is 20.9. The summed E-state index contributed by atoms with van der Waals surface area (Å²) in [4.78, 5) is 25.7. The molecule has 1 heterocycles. The van der Waals surface area contributed by atoms with Gasteiger partial charge in [0, 0.05) is 16.6 Å². The van der Waals surface area contributed by atoms with Gasteiger partial charge in [0.2, 0.25) is 11.8 Å². The Kier molecular flexibility index (Phi) is 7.38. The van der Waals surface area contributed by atoms with Gasteiger partial charge in [-0.05, 0) is 48.8 Å². The summed E-state index contributed by atoms with van der Waals surface area (Å²) in [5.41, 5.74) is 3.98. The first-order valence-corrected chi connectivity index (χ1v) is 10.4. The molecule has 1 unspecified atom stereocenters. The summed E-state index contributed by atoms with van der Waals surface area (Å²) in [6.45, 7) is 12.5. The van der Waals surface area contributed by atoms with Crippen LogP contribution in [0.3, 0.4) is 0 Å². The minimum atomic E-state index is -0.228. The monoisotopic (exact) mass is 401 g/mol. The highest BCUT2D eigenvalue weighted by Gasteiger charge is 2.27. The molecular weight excluding hydrogens is 370 g/mol. The second kappa shape index (κ2) is 9.34. The van der Waals surface area contributed by atoms with Crippen LogP contribution in [0, 0.1) is 26.2 Å². The molecule has 2 aromatic rings. The molecule has 3 N–H and O–H groups in total. The Morgan fingerprint density at radius 1 is 1.04 bits per heavy atom. The molecule has 0 bridgehead atoms. The van der Waals surface area contributed by atoms with E-state index in [-0.39, 0.29) is 36.4 Å². The highest BCUT2D eigenvalue weighted by Crippen LogP contribution is 2.34. The highest BCUT2D eigenvalue weighted by molar-refractivity contribution is 7.10. The predicted molar refractivity (Wildman–Crippen MR) is 117 cm³/mol. The maximum absolute atomic E-state index is 12.2. The van der Waals surface area contributed by atoms with E-state index in [0.717, 1.165) is 22.4 Å². The van der Waals surface area contributed by atoms with Gasteiger partial charge in [0.05, 0.1) is 13.1 Å². The number of carbonyl (C=O) groups is 2. The van der Waals surface area contributed by atoms with Crippen LogP contribution in [-0.2, 0) is 9.59 Å². The first-order chi connectivity index (χ1) is 13.1. The largest absolute Gasteiger partial charge is 0.346 e. The third kappa shape index (κ3) is 6.17. The van der Waals surface area contributed by atoms with Gasteiger partial charge in [0.25, 0.3) is 0 Å². The van der Waals surface area contributed by atoms with Crippen LogP contribution in [0.2, 0.25) is 0 Å². The Labute approximate surface area is 171 Å². The third-order valence-electron chi connectivity index (χ3n) is 4.55. The van der Waals surface area contributed by atoms with Crippen molar-refractivity contribution in [1.82, 2.24) is 10.6 Å². The van der Waals surface area contributed by atoms with Crippen LogP contribution in [0.1, 0.15) is 48.4 Å². The highest BCUT2D eigenvalue weighted by atomic mass is 32.1. The first-order valence-electron chi connectivity index (χ1n) is 9.49. The lowest BCUT2D eigenvalue weighted by Crippen LogP contribution is -2.42. The van der Waals surface area contributed by atoms with E-state index in [1.165, 1.54) is 4.88 Å². The van der Waals surface area contributed by atoms with Gasteiger partial charge in [-0.1, -0.05) is 44.5 Å². The number of carbonyl (C=O) groups excluding carboxylic acids is 2. The van der Waals surface area contributed by atoms with Gasteiger partial charge in [-0.15, -0.1) is 11.3 Å². The van der Waals surface area contributed by atoms with E-state index in [9.17, 15) is 9.59 Å². The second-order valence-corrected chi connectivity index (χ2v) is 9.27. The fourth-order valence-corrected chi connectivity index (χ4v) is 4.33. The Bertz CT molecular complexity index is 800. The number of aryl methyl sites for hydroxylation is 3. The van der Waals surface area contributed by atoms with E-state index in [2.05, 4.69) is 42.8 Å². The predicted octanol–water partition coefficient (Wildman–Crippen LogP) is 4.11. The van der Waals surface area contributed by atoms with Crippen LogP contribution in [-0.4, -0.2) is 24.9 Å². The number of nitrogens with one attached hydrogen (secondary N) is 3. The van der Waals surface area contributed by atoms with Gasteiger partial charge in [-0.3, -0.25) is 9.59 Å². The number of anilines is 1. The maximum atomic E-state index is 12.2. The summed E-state index contributed by atoms with van der Waals surface area (Å²) in [5.74, 6) is -0.424. The number of hydrogen-bond acceptors (Lipinski definition) is 4. The molecule has 28 heavy (non-hydrogen) atoms. The molecule has 1 aromatic carbocycles. The minimum Gasteiger partial charge on any atom is -0.346 e. The fourth-order valence-electron chi connectivity index (χ4n) is 3.29. The van der Waals surface area contributed by atoms with Crippen LogP contribution in [0.5, 0.6) is 0 Å². The van der Waals surface area contributed by atoms with Gasteiger partial charge in [-0.25, -0.2) is 0 Å². The molecule has 0 saturated heterocycles. The molecule has 0 fully saturated rings. The van der Waals surface area contributed by atoms with Gasteiger partial charge < -0.3 is 16.0 Å². The smallest absolute Gasteiger partial charge is 0.243 e. The van der Waals surface area contributed by atoms with E-state index < -0.39 is 0 Å². The van der Waals surface area contributed by atoms with E-state index in [1.807, 2.05) is 44.4 Å². The molecule has 0 radical (unpaired) electrons. The normalized spacial score (nSPS) is 12.5. The lowest BCUT2D eigenvalue weighted by atomic mass is 9.86. The van der Waals surface area contributed by atoms with E-state index in [4.69, 9.17) is 0 Å². The van der Waals surface area contributed by atoms with Gasteiger partial charge in [-0.2, -0.15) is 0 Å². The van der Waals surface area contributed by atoms with Crippen LogP contribution in [0.25, 0.3) is 0 Å². The SMILES string of the molecule is Cc1cc(C)c(NC(=O)CNC(=O)CNC(c2cccs2)C(C)(C)C)c(C)c1. The van der Waals surface area contributed by atoms with Crippen molar-refractivity contribution < 1.29 is 9.59 Å². The average Bonchev–Trinajstić information content (AvgIpc) is 3.09. The maximum Gasteiger partial charge on any atom is 0.243 e. The molecule has 1 aromatic heterocycles. The molecule has 0 aliphatic heterocycles. The van der Waals surface area contributed by atoms with Crippen molar-refractivity contribution >= 4 is 28.8 Å². The van der Waals surface area contributed by atoms with Crippen molar-refractivity contribution in [3.05, 3.63) is 51.2 Å². The van der Waals surface area contributed by atoms with Crippen molar-refractivity contribution in [3.63, 3.8) is 0 Å². The van der Waals surface area contributed by atoms with Gasteiger partial charge in [0.15, 0.2) is 0 Å². The zero-order valence-electron chi connectivity index (χ0n) is 17.6. The van der Waals surface area contributed by atoms with Crippen molar-refractivity contribution in [1.29, 1.82) is 0 Å². The van der Waals surface area contributed by atoms with Crippen LogP contribution >= 0.6 is 11.3 Å². The third-order valence-corrected chi connectivity index (χ3v) is 5.49. The number of rotatable bonds is 7. The Morgan fingerprint density at radius 3 is 2.21 bits per heavy atom. The Balaban J connectivity index is 1.86. The summed E-state index contributed by atoms with van der Waals surface area (Å²) in [7, 11) is 0. The Morgan fingerprint density at radius 2 is 1.68 bits per heavy atom. The summed E-state index contributed by atoms with van der Waals surface area (Å²) in [6.07, 6.45) is 0. The molecule has 5 nitrogen and oxygen atoms in total. The summed E-state index contributed by atoms with van der Waals surface area (Å²) in [5, 5.41) is 11.0. The van der Waals surface area contributed by atoms with E-state index in [0.29, 0.717) is 0 Å². The van der Waals surface area contributed by atoms with Crippen molar-refractivity contribution in [2.75, 3.05) is 18.4 Å². The fraction of sp³-hybridized carbons (Fsp3) is 0.455. The van der Waals surface area contributed by atoms with Crippen LogP contribution in [0.15, 0.2) is 29.6 Å².